The number of benzene rings is 8. The minimum Gasteiger partial charge on any atom is -0.454 e. The molecule has 0 radical (unpaired) electrons. The number of furan rings is 1. The predicted molar refractivity (Wildman–Crippen MR) is 229 cm³/mol. The molecule has 5 nitrogen and oxygen atoms in total. The van der Waals surface area contributed by atoms with Crippen LogP contribution in [0.3, 0.4) is 0 Å². The highest BCUT2D eigenvalue weighted by Crippen LogP contribution is 2.43. The summed E-state index contributed by atoms with van der Waals surface area (Å²) in [5, 5.41) is 4.29. The maximum absolute atomic E-state index is 6.88. The van der Waals surface area contributed by atoms with Crippen LogP contribution in [0.2, 0.25) is 0 Å². The zero-order valence-corrected chi connectivity index (χ0v) is 30.2. The van der Waals surface area contributed by atoms with Gasteiger partial charge in [0.15, 0.2) is 23.1 Å². The third-order valence-corrected chi connectivity index (χ3v) is 10.7. The molecule has 8 aromatic carbocycles. The van der Waals surface area contributed by atoms with Gasteiger partial charge in [-0.3, -0.25) is 0 Å². The van der Waals surface area contributed by atoms with Crippen LogP contribution in [-0.2, 0) is 0 Å². The SMILES string of the molecule is c1ccc(-c2ccc(-c3nc(-c4cccc(-c5ccccc5)c4)nc(-c4cccc5oc6c(ccc7c8ccccc8n(-c8ccccc8)c76)c45)n3)cc2)cc1. The Morgan fingerprint density at radius 3 is 1.70 bits per heavy atom. The summed E-state index contributed by atoms with van der Waals surface area (Å²) in [6.45, 7) is 0. The second kappa shape index (κ2) is 13.0. The molecule has 56 heavy (non-hydrogen) atoms. The van der Waals surface area contributed by atoms with Crippen LogP contribution >= 0.6 is 0 Å². The summed E-state index contributed by atoms with van der Waals surface area (Å²) in [7, 11) is 0. The van der Waals surface area contributed by atoms with Gasteiger partial charge in [0.1, 0.15) is 5.58 Å². The van der Waals surface area contributed by atoms with E-state index in [1.165, 1.54) is 5.39 Å². The van der Waals surface area contributed by atoms with Crippen molar-refractivity contribution in [3.63, 3.8) is 0 Å². The molecule has 11 aromatic rings. The highest BCUT2D eigenvalue weighted by molar-refractivity contribution is 6.23. The first-order chi connectivity index (χ1) is 27.8. The Bertz CT molecular complexity index is 3220. The highest BCUT2D eigenvalue weighted by atomic mass is 16.3. The number of hydrogen-bond donors (Lipinski definition) is 0. The van der Waals surface area contributed by atoms with Crippen molar-refractivity contribution in [1.29, 1.82) is 0 Å². The number of fused-ring (bicyclic) bond motifs is 7. The van der Waals surface area contributed by atoms with Crippen LogP contribution in [-0.4, -0.2) is 19.5 Å². The van der Waals surface area contributed by atoms with E-state index >= 15 is 0 Å². The fraction of sp³-hybridized carbons (Fsp3) is 0. The first-order valence-electron chi connectivity index (χ1n) is 18.8. The van der Waals surface area contributed by atoms with Crippen LogP contribution in [0.25, 0.3) is 106 Å². The van der Waals surface area contributed by atoms with Crippen molar-refractivity contribution >= 4 is 43.7 Å². The van der Waals surface area contributed by atoms with Gasteiger partial charge in [0.05, 0.1) is 11.0 Å². The van der Waals surface area contributed by atoms with Gasteiger partial charge in [0.25, 0.3) is 0 Å². The van der Waals surface area contributed by atoms with Crippen LogP contribution in [0.5, 0.6) is 0 Å². The summed E-state index contributed by atoms with van der Waals surface area (Å²) in [6, 6.07) is 67.3. The molecule has 0 N–H and O–H groups in total. The largest absolute Gasteiger partial charge is 0.454 e. The Balaban J connectivity index is 1.14. The Morgan fingerprint density at radius 1 is 0.375 bits per heavy atom. The Kier molecular flexibility index (Phi) is 7.42. The molecule has 0 saturated heterocycles. The van der Waals surface area contributed by atoms with Crippen molar-refractivity contribution in [2.75, 3.05) is 0 Å². The Morgan fingerprint density at radius 2 is 0.929 bits per heavy atom. The van der Waals surface area contributed by atoms with E-state index in [2.05, 4.69) is 168 Å². The first-order valence-corrected chi connectivity index (χ1v) is 18.8. The Labute approximate surface area is 322 Å². The van der Waals surface area contributed by atoms with E-state index in [4.69, 9.17) is 19.4 Å². The van der Waals surface area contributed by atoms with Gasteiger partial charge < -0.3 is 8.98 Å². The Hall–Kier alpha value is -7.63. The van der Waals surface area contributed by atoms with Crippen LogP contribution < -0.4 is 0 Å². The number of aromatic nitrogens is 4. The number of hydrogen-bond acceptors (Lipinski definition) is 4. The van der Waals surface area contributed by atoms with Gasteiger partial charge in [-0.1, -0.05) is 158 Å². The van der Waals surface area contributed by atoms with E-state index < -0.39 is 0 Å². The number of para-hydroxylation sites is 2. The van der Waals surface area contributed by atoms with Crippen LogP contribution in [0.4, 0.5) is 0 Å². The normalized spacial score (nSPS) is 11.6. The van der Waals surface area contributed by atoms with E-state index in [1.54, 1.807) is 0 Å². The predicted octanol–water partition coefficient (Wildman–Crippen LogP) is 13.2. The van der Waals surface area contributed by atoms with Crippen molar-refractivity contribution in [3.8, 4) is 62.1 Å². The lowest BCUT2D eigenvalue weighted by Gasteiger charge is -2.11. The monoisotopic (exact) mass is 716 g/mol. The molecule has 0 aliphatic carbocycles. The molecular weight excluding hydrogens is 685 g/mol. The molecule has 262 valence electrons. The maximum atomic E-state index is 6.88. The van der Waals surface area contributed by atoms with Crippen molar-refractivity contribution in [2.24, 2.45) is 0 Å². The quantitative estimate of drug-likeness (QED) is 0.172. The third kappa shape index (κ3) is 5.29. The molecule has 0 bridgehead atoms. The topological polar surface area (TPSA) is 56.7 Å². The van der Waals surface area contributed by atoms with Crippen LogP contribution in [0.1, 0.15) is 0 Å². The van der Waals surface area contributed by atoms with Gasteiger partial charge in [0, 0.05) is 43.9 Å². The summed E-state index contributed by atoms with van der Waals surface area (Å²) in [6.07, 6.45) is 0. The molecule has 5 heteroatoms. The van der Waals surface area contributed by atoms with Gasteiger partial charge in [-0.25, -0.2) is 15.0 Å². The fourth-order valence-electron chi connectivity index (χ4n) is 8.03. The van der Waals surface area contributed by atoms with E-state index in [0.717, 1.165) is 83.0 Å². The minimum absolute atomic E-state index is 0.583. The lowest BCUT2D eigenvalue weighted by Crippen LogP contribution is -2.00. The summed E-state index contributed by atoms with van der Waals surface area (Å²) < 4.78 is 9.19. The summed E-state index contributed by atoms with van der Waals surface area (Å²) >= 11 is 0. The average molecular weight is 717 g/mol. The molecule has 0 spiro atoms. The molecule has 0 aliphatic rings. The fourth-order valence-corrected chi connectivity index (χ4v) is 8.03. The van der Waals surface area contributed by atoms with Crippen molar-refractivity contribution in [3.05, 3.63) is 194 Å². The van der Waals surface area contributed by atoms with Crippen LogP contribution in [0.15, 0.2) is 199 Å². The lowest BCUT2D eigenvalue weighted by molar-refractivity contribution is 0.671. The molecule has 0 unspecified atom stereocenters. The second-order valence-corrected chi connectivity index (χ2v) is 14.0. The van der Waals surface area contributed by atoms with Gasteiger partial charge in [-0.15, -0.1) is 0 Å². The molecular formula is C51H32N4O. The van der Waals surface area contributed by atoms with E-state index in [9.17, 15) is 0 Å². The third-order valence-electron chi connectivity index (χ3n) is 10.7. The molecule has 0 saturated carbocycles. The lowest BCUT2D eigenvalue weighted by atomic mass is 10.0. The van der Waals surface area contributed by atoms with Gasteiger partial charge in [-0.05, 0) is 58.7 Å². The zero-order chi connectivity index (χ0) is 37.0. The molecule has 0 amide bonds. The first kappa shape index (κ1) is 31.9. The average Bonchev–Trinajstić information content (AvgIpc) is 3.84. The smallest absolute Gasteiger partial charge is 0.164 e. The zero-order valence-electron chi connectivity index (χ0n) is 30.2. The maximum Gasteiger partial charge on any atom is 0.164 e. The number of rotatable bonds is 6. The van der Waals surface area contributed by atoms with Gasteiger partial charge in [-0.2, -0.15) is 0 Å². The van der Waals surface area contributed by atoms with Crippen LogP contribution in [0, 0.1) is 0 Å². The van der Waals surface area contributed by atoms with E-state index in [-0.39, 0.29) is 0 Å². The molecule has 3 aromatic heterocycles. The standard InChI is InChI=1S/C51H32N4O/c1-4-14-33(15-5-1)35-26-28-36(29-27-35)49-52-50(38-19-12-18-37(32-38)34-16-6-2-7-17-34)54-51(53-49)43-23-13-25-45-46(43)42-31-30-41-40-22-10-11-24-44(40)55(47(41)48(42)56-45)39-20-8-3-9-21-39/h1-32H. The van der Waals surface area contributed by atoms with Crippen molar-refractivity contribution < 1.29 is 4.42 Å². The van der Waals surface area contributed by atoms with Crippen molar-refractivity contribution in [2.45, 2.75) is 0 Å². The minimum atomic E-state index is 0.583. The second-order valence-electron chi connectivity index (χ2n) is 14.0. The van der Waals surface area contributed by atoms with E-state index in [1.807, 2.05) is 30.3 Å². The molecule has 3 heterocycles. The van der Waals surface area contributed by atoms with Gasteiger partial charge >= 0.3 is 0 Å². The summed E-state index contributed by atoms with van der Waals surface area (Å²) in [5.41, 5.74) is 12.1. The number of nitrogens with zero attached hydrogens (tertiary/aromatic N) is 4. The molecule has 0 aliphatic heterocycles. The molecule has 0 fully saturated rings. The van der Waals surface area contributed by atoms with E-state index in [0.29, 0.717) is 17.5 Å². The van der Waals surface area contributed by atoms with Gasteiger partial charge in [0.2, 0.25) is 0 Å². The molecule has 0 atom stereocenters. The van der Waals surface area contributed by atoms with Crippen molar-refractivity contribution in [1.82, 2.24) is 19.5 Å². The summed E-state index contributed by atoms with van der Waals surface area (Å²) in [4.78, 5) is 15.6. The summed E-state index contributed by atoms with van der Waals surface area (Å²) in [5.74, 6) is 1.79. The molecule has 11 rings (SSSR count). The highest BCUT2D eigenvalue weighted by Gasteiger charge is 2.22.